The molecular weight excluding hydrogens is 390 g/mol. The van der Waals surface area contributed by atoms with Gasteiger partial charge in [0.15, 0.2) is 0 Å². The maximum absolute atomic E-state index is 13.0. The number of hydrogen-bond donors (Lipinski definition) is 1. The van der Waals surface area contributed by atoms with Crippen molar-refractivity contribution in [1.29, 1.82) is 0 Å². The summed E-state index contributed by atoms with van der Waals surface area (Å²) in [6.45, 7) is 13.8. The number of aromatic nitrogens is 2. The molecule has 2 heterocycles. The highest BCUT2D eigenvalue weighted by Gasteiger charge is 2.35. The van der Waals surface area contributed by atoms with Crippen LogP contribution < -0.4 is 5.32 Å². The number of piperidine rings is 1. The van der Waals surface area contributed by atoms with Gasteiger partial charge in [0.2, 0.25) is 15.9 Å². The van der Waals surface area contributed by atoms with E-state index in [0.717, 1.165) is 6.54 Å². The summed E-state index contributed by atoms with van der Waals surface area (Å²) in [7, 11) is -1.92. The fourth-order valence-corrected chi connectivity index (χ4v) is 5.70. The minimum atomic E-state index is -3.65. The summed E-state index contributed by atoms with van der Waals surface area (Å²) in [5, 5.41) is 7.15. The quantitative estimate of drug-likeness (QED) is 0.683. The molecule has 1 fully saturated rings. The summed E-state index contributed by atoms with van der Waals surface area (Å²) in [4.78, 5) is 15.4. The molecular formula is C20H37N5O3S. The standard InChI is InChI=1S/C20H37N5O3S/c1-14(2)25(15(3)4)12-16(5)22-20(26)18-9-8-10-24(13-18)29(27,28)19-11-21-23(7)17(19)6/h11,14-16,18H,8-10,12-13H2,1-7H3,(H,22,26). The Balaban J connectivity index is 2.03. The van der Waals surface area contributed by atoms with Crippen molar-refractivity contribution in [3.05, 3.63) is 11.9 Å². The largest absolute Gasteiger partial charge is 0.352 e. The number of sulfonamides is 1. The van der Waals surface area contributed by atoms with Crippen LogP contribution in [0.1, 0.15) is 53.2 Å². The lowest BCUT2D eigenvalue weighted by atomic mass is 9.98. The Morgan fingerprint density at radius 1 is 1.28 bits per heavy atom. The first-order chi connectivity index (χ1) is 13.4. The predicted molar refractivity (Wildman–Crippen MR) is 114 cm³/mol. The Morgan fingerprint density at radius 2 is 1.90 bits per heavy atom. The highest BCUT2D eigenvalue weighted by Crippen LogP contribution is 2.25. The summed E-state index contributed by atoms with van der Waals surface area (Å²) in [6, 6.07) is 0.791. The van der Waals surface area contributed by atoms with E-state index in [1.807, 2.05) is 6.92 Å². The van der Waals surface area contributed by atoms with Gasteiger partial charge in [0.25, 0.3) is 0 Å². The Labute approximate surface area is 175 Å². The van der Waals surface area contributed by atoms with Crippen molar-refractivity contribution in [1.82, 2.24) is 24.3 Å². The normalized spacial score (nSPS) is 19.9. The van der Waals surface area contributed by atoms with Crippen molar-refractivity contribution in [3.63, 3.8) is 0 Å². The first-order valence-electron chi connectivity index (χ1n) is 10.5. The Hall–Kier alpha value is -1.45. The van der Waals surface area contributed by atoms with Gasteiger partial charge >= 0.3 is 0 Å². The molecule has 9 heteroatoms. The van der Waals surface area contributed by atoms with E-state index < -0.39 is 10.0 Å². The molecule has 166 valence electrons. The van der Waals surface area contributed by atoms with Crippen molar-refractivity contribution in [2.75, 3.05) is 19.6 Å². The van der Waals surface area contributed by atoms with Gasteiger partial charge in [0.1, 0.15) is 4.90 Å². The average molecular weight is 428 g/mol. The minimum Gasteiger partial charge on any atom is -0.352 e. The molecule has 1 N–H and O–H groups in total. The van der Waals surface area contributed by atoms with Gasteiger partial charge in [-0.1, -0.05) is 0 Å². The number of hydrogen-bond acceptors (Lipinski definition) is 5. The molecule has 0 aromatic carbocycles. The number of aryl methyl sites for hydroxylation is 1. The lowest BCUT2D eigenvalue weighted by Crippen LogP contribution is -2.51. The van der Waals surface area contributed by atoms with Crippen LogP contribution in [-0.4, -0.2) is 71.1 Å². The fourth-order valence-electron chi connectivity index (χ4n) is 3.99. The van der Waals surface area contributed by atoms with Gasteiger partial charge < -0.3 is 5.32 Å². The predicted octanol–water partition coefficient (Wildman–Crippen LogP) is 1.75. The third-order valence-electron chi connectivity index (χ3n) is 5.76. The van der Waals surface area contributed by atoms with E-state index in [1.165, 1.54) is 10.5 Å². The molecule has 8 nitrogen and oxygen atoms in total. The van der Waals surface area contributed by atoms with E-state index in [2.05, 4.69) is 43.0 Å². The maximum Gasteiger partial charge on any atom is 0.246 e. The number of carbonyl (C=O) groups is 1. The molecule has 1 saturated heterocycles. The van der Waals surface area contributed by atoms with Gasteiger partial charge in [-0.3, -0.25) is 14.4 Å². The zero-order chi connectivity index (χ0) is 21.9. The summed E-state index contributed by atoms with van der Waals surface area (Å²) in [5.74, 6) is -0.391. The number of amides is 1. The van der Waals surface area contributed by atoms with Gasteiger partial charge in [-0.2, -0.15) is 9.40 Å². The number of nitrogens with zero attached hydrogens (tertiary/aromatic N) is 4. The van der Waals surface area contributed by atoms with Crippen molar-refractivity contribution in [3.8, 4) is 0 Å². The van der Waals surface area contributed by atoms with Gasteiger partial charge in [0, 0.05) is 44.8 Å². The molecule has 2 atom stereocenters. The number of carbonyl (C=O) groups excluding carboxylic acids is 1. The molecule has 1 aliphatic heterocycles. The van der Waals surface area contributed by atoms with E-state index in [0.29, 0.717) is 37.2 Å². The molecule has 1 aromatic rings. The first-order valence-corrected chi connectivity index (χ1v) is 11.9. The molecule has 29 heavy (non-hydrogen) atoms. The summed E-state index contributed by atoms with van der Waals surface area (Å²) < 4.78 is 29.1. The Kier molecular flexibility index (Phi) is 7.86. The SMILES string of the molecule is Cc1c(S(=O)(=O)N2CCCC(C(=O)NC(C)CN(C(C)C)C(C)C)C2)cnn1C. The molecule has 0 saturated carbocycles. The van der Waals surface area contributed by atoms with Gasteiger partial charge in [-0.05, 0) is 54.4 Å². The first kappa shape index (κ1) is 23.8. The topological polar surface area (TPSA) is 87.5 Å². The maximum atomic E-state index is 13.0. The van der Waals surface area contributed by atoms with Gasteiger partial charge in [-0.25, -0.2) is 8.42 Å². The Bertz CT molecular complexity index is 795. The molecule has 1 amide bonds. The zero-order valence-electron chi connectivity index (χ0n) is 18.8. The van der Waals surface area contributed by atoms with Crippen molar-refractivity contribution >= 4 is 15.9 Å². The van der Waals surface area contributed by atoms with Crippen LogP contribution in [-0.2, 0) is 21.9 Å². The highest BCUT2D eigenvalue weighted by atomic mass is 32.2. The van der Waals surface area contributed by atoms with Crippen LogP contribution in [0.25, 0.3) is 0 Å². The molecule has 0 aliphatic carbocycles. The van der Waals surface area contributed by atoms with E-state index in [-0.39, 0.29) is 29.3 Å². The average Bonchev–Trinajstić information content (AvgIpc) is 2.98. The minimum absolute atomic E-state index is 0.000138. The van der Waals surface area contributed by atoms with Crippen LogP contribution in [0.2, 0.25) is 0 Å². The second-order valence-corrected chi connectivity index (χ2v) is 10.6. The van der Waals surface area contributed by atoms with Crippen molar-refractivity contribution in [2.45, 2.75) is 77.4 Å². The van der Waals surface area contributed by atoms with Gasteiger partial charge in [-0.15, -0.1) is 0 Å². The number of nitrogens with one attached hydrogen (secondary N) is 1. The van der Waals surface area contributed by atoms with Crippen LogP contribution in [0.3, 0.4) is 0 Å². The smallest absolute Gasteiger partial charge is 0.246 e. The van der Waals surface area contributed by atoms with E-state index in [1.54, 1.807) is 18.7 Å². The zero-order valence-corrected chi connectivity index (χ0v) is 19.7. The van der Waals surface area contributed by atoms with Crippen LogP contribution >= 0.6 is 0 Å². The fraction of sp³-hybridized carbons (Fsp3) is 0.800. The number of rotatable bonds is 8. The lowest BCUT2D eigenvalue weighted by Gasteiger charge is -2.35. The summed E-state index contributed by atoms with van der Waals surface area (Å²) >= 11 is 0. The second kappa shape index (κ2) is 9.57. The molecule has 1 aliphatic rings. The monoisotopic (exact) mass is 427 g/mol. The molecule has 1 aromatic heterocycles. The Morgan fingerprint density at radius 3 is 2.41 bits per heavy atom. The highest BCUT2D eigenvalue weighted by molar-refractivity contribution is 7.89. The van der Waals surface area contributed by atoms with E-state index in [4.69, 9.17) is 0 Å². The molecule has 2 rings (SSSR count). The summed E-state index contributed by atoms with van der Waals surface area (Å²) in [5.41, 5.74) is 0.604. The molecule has 0 spiro atoms. The third kappa shape index (κ3) is 5.58. The second-order valence-electron chi connectivity index (χ2n) is 8.71. The third-order valence-corrected chi connectivity index (χ3v) is 7.73. The van der Waals surface area contributed by atoms with Crippen LogP contribution in [0.5, 0.6) is 0 Å². The van der Waals surface area contributed by atoms with E-state index >= 15 is 0 Å². The lowest BCUT2D eigenvalue weighted by molar-refractivity contribution is -0.126. The van der Waals surface area contributed by atoms with Gasteiger partial charge in [0.05, 0.1) is 17.8 Å². The molecule has 0 radical (unpaired) electrons. The molecule has 0 bridgehead atoms. The van der Waals surface area contributed by atoms with Crippen LogP contribution in [0.4, 0.5) is 0 Å². The summed E-state index contributed by atoms with van der Waals surface area (Å²) in [6.07, 6.45) is 2.77. The van der Waals surface area contributed by atoms with Crippen LogP contribution in [0.15, 0.2) is 11.1 Å². The van der Waals surface area contributed by atoms with Crippen molar-refractivity contribution in [2.24, 2.45) is 13.0 Å². The van der Waals surface area contributed by atoms with Crippen molar-refractivity contribution < 1.29 is 13.2 Å². The molecule has 2 unspecified atom stereocenters. The van der Waals surface area contributed by atoms with Crippen LogP contribution in [0, 0.1) is 12.8 Å². The van der Waals surface area contributed by atoms with E-state index in [9.17, 15) is 13.2 Å².